The Morgan fingerprint density at radius 1 is 1.31 bits per heavy atom. The molecular formula is C10H13FN2. The van der Waals surface area contributed by atoms with Gasteiger partial charge in [-0.25, -0.2) is 4.39 Å². The smallest absolute Gasteiger partial charge is 0.146 e. The summed E-state index contributed by atoms with van der Waals surface area (Å²) in [5, 5.41) is 0. The molecular weight excluding hydrogens is 167 g/mol. The Kier molecular flexibility index (Phi) is 1.96. The normalized spacial score (nSPS) is 21.2. The van der Waals surface area contributed by atoms with E-state index < -0.39 is 0 Å². The molecule has 0 spiro atoms. The third-order valence-electron chi connectivity index (χ3n) is 2.59. The molecule has 3 heteroatoms. The Morgan fingerprint density at radius 2 is 2.08 bits per heavy atom. The van der Waals surface area contributed by atoms with E-state index >= 15 is 0 Å². The largest absolute Gasteiger partial charge is 0.396 e. The molecule has 0 heterocycles. The summed E-state index contributed by atoms with van der Waals surface area (Å²) < 4.78 is 13.0. The first-order valence-corrected chi connectivity index (χ1v) is 4.49. The number of aryl methyl sites for hydroxylation is 1. The maximum absolute atomic E-state index is 13.0. The van der Waals surface area contributed by atoms with Crippen molar-refractivity contribution in [1.29, 1.82) is 0 Å². The first-order valence-electron chi connectivity index (χ1n) is 4.49. The van der Waals surface area contributed by atoms with E-state index in [1.54, 1.807) is 6.07 Å². The lowest BCUT2D eigenvalue weighted by Gasteiger charge is -2.21. The highest BCUT2D eigenvalue weighted by Crippen LogP contribution is 2.24. The lowest BCUT2D eigenvalue weighted by Crippen LogP contribution is -2.28. The van der Waals surface area contributed by atoms with E-state index in [9.17, 15) is 4.39 Å². The number of nitrogens with two attached hydrogens (primary N) is 2. The van der Waals surface area contributed by atoms with Crippen LogP contribution < -0.4 is 11.5 Å². The molecule has 0 amide bonds. The third-order valence-corrected chi connectivity index (χ3v) is 2.59. The van der Waals surface area contributed by atoms with Crippen LogP contribution in [0.1, 0.15) is 17.5 Å². The van der Waals surface area contributed by atoms with E-state index in [0.29, 0.717) is 0 Å². The van der Waals surface area contributed by atoms with Crippen LogP contribution in [0.2, 0.25) is 0 Å². The monoisotopic (exact) mass is 180 g/mol. The first kappa shape index (κ1) is 8.51. The van der Waals surface area contributed by atoms with Gasteiger partial charge in [0.15, 0.2) is 0 Å². The lowest BCUT2D eigenvalue weighted by molar-refractivity contribution is 0.567. The molecule has 2 nitrogen and oxygen atoms in total. The van der Waals surface area contributed by atoms with Crippen LogP contribution in [0.3, 0.4) is 0 Å². The van der Waals surface area contributed by atoms with Crippen molar-refractivity contribution in [2.24, 2.45) is 5.73 Å². The summed E-state index contributed by atoms with van der Waals surface area (Å²) in [5.41, 5.74) is 13.7. The van der Waals surface area contributed by atoms with E-state index in [4.69, 9.17) is 11.5 Å². The van der Waals surface area contributed by atoms with Crippen LogP contribution in [0.25, 0.3) is 0 Å². The van der Waals surface area contributed by atoms with Crippen molar-refractivity contribution in [3.63, 3.8) is 0 Å². The van der Waals surface area contributed by atoms with Gasteiger partial charge in [-0.2, -0.15) is 0 Å². The number of halogens is 1. The van der Waals surface area contributed by atoms with Gasteiger partial charge in [0.05, 0.1) is 5.69 Å². The second-order valence-electron chi connectivity index (χ2n) is 3.65. The van der Waals surface area contributed by atoms with Gasteiger partial charge in [0.2, 0.25) is 0 Å². The van der Waals surface area contributed by atoms with Gasteiger partial charge in [0.25, 0.3) is 0 Å². The van der Waals surface area contributed by atoms with Gasteiger partial charge < -0.3 is 11.5 Å². The lowest BCUT2D eigenvalue weighted by atomic mass is 9.88. The number of fused-ring (bicyclic) bond motifs is 1. The molecule has 2 rings (SSSR count). The molecule has 1 atom stereocenters. The Labute approximate surface area is 76.7 Å². The minimum absolute atomic E-state index is 0.206. The molecule has 0 aromatic heterocycles. The topological polar surface area (TPSA) is 52.0 Å². The van der Waals surface area contributed by atoms with Crippen LogP contribution in [-0.2, 0) is 12.8 Å². The van der Waals surface area contributed by atoms with Crippen molar-refractivity contribution in [1.82, 2.24) is 0 Å². The quantitative estimate of drug-likeness (QED) is 0.590. The summed E-state index contributed by atoms with van der Waals surface area (Å²) in [6.45, 7) is 0. The summed E-state index contributed by atoms with van der Waals surface area (Å²) in [5.74, 6) is -0.311. The fourth-order valence-corrected chi connectivity index (χ4v) is 1.83. The number of hydrogen-bond donors (Lipinski definition) is 2. The van der Waals surface area contributed by atoms with Gasteiger partial charge in [-0.3, -0.25) is 0 Å². The van der Waals surface area contributed by atoms with Crippen LogP contribution in [0.15, 0.2) is 12.1 Å². The van der Waals surface area contributed by atoms with E-state index in [2.05, 4.69) is 0 Å². The minimum Gasteiger partial charge on any atom is -0.396 e. The summed E-state index contributed by atoms with van der Waals surface area (Å²) in [6.07, 6.45) is 2.63. The molecule has 0 aliphatic heterocycles. The van der Waals surface area contributed by atoms with Crippen molar-refractivity contribution in [2.45, 2.75) is 25.3 Å². The average molecular weight is 180 g/mol. The van der Waals surface area contributed by atoms with E-state index in [-0.39, 0.29) is 17.5 Å². The predicted octanol–water partition coefficient (Wildman–Crippen LogP) is 1.22. The van der Waals surface area contributed by atoms with E-state index in [1.165, 1.54) is 6.07 Å². The fraction of sp³-hybridized carbons (Fsp3) is 0.400. The summed E-state index contributed by atoms with van der Waals surface area (Å²) in [4.78, 5) is 0. The van der Waals surface area contributed by atoms with E-state index in [1.807, 2.05) is 0 Å². The second-order valence-corrected chi connectivity index (χ2v) is 3.65. The van der Waals surface area contributed by atoms with Crippen LogP contribution in [0.4, 0.5) is 10.1 Å². The standard InChI is InChI=1S/C10H13FN2/c11-9-4-6-1-2-8(12)3-7(6)5-10(9)13/h4-5,8H,1-3,12-13H2. The Bertz CT molecular complexity index is 336. The Morgan fingerprint density at radius 3 is 2.85 bits per heavy atom. The number of anilines is 1. The van der Waals surface area contributed by atoms with Crippen molar-refractivity contribution in [2.75, 3.05) is 5.73 Å². The third kappa shape index (κ3) is 1.52. The number of hydrogen-bond acceptors (Lipinski definition) is 2. The molecule has 1 aromatic rings. The number of nitrogen functional groups attached to an aromatic ring is 1. The molecule has 1 aliphatic rings. The number of rotatable bonds is 0. The van der Waals surface area contributed by atoms with Gasteiger partial charge in [-0.15, -0.1) is 0 Å². The van der Waals surface area contributed by atoms with Crippen LogP contribution >= 0.6 is 0 Å². The minimum atomic E-state index is -0.311. The van der Waals surface area contributed by atoms with Gasteiger partial charge in [0, 0.05) is 6.04 Å². The fourth-order valence-electron chi connectivity index (χ4n) is 1.83. The molecule has 13 heavy (non-hydrogen) atoms. The summed E-state index contributed by atoms with van der Waals surface area (Å²) in [6, 6.07) is 3.46. The molecule has 1 aromatic carbocycles. The highest BCUT2D eigenvalue weighted by Gasteiger charge is 2.16. The zero-order chi connectivity index (χ0) is 9.42. The SMILES string of the molecule is Nc1cc2c(cc1F)CCC(N)C2. The summed E-state index contributed by atoms with van der Waals surface area (Å²) in [7, 11) is 0. The van der Waals surface area contributed by atoms with Crippen LogP contribution in [-0.4, -0.2) is 6.04 Å². The van der Waals surface area contributed by atoms with Crippen LogP contribution in [0, 0.1) is 5.82 Å². The van der Waals surface area contributed by atoms with Gasteiger partial charge >= 0.3 is 0 Å². The van der Waals surface area contributed by atoms with Crippen molar-refractivity contribution >= 4 is 5.69 Å². The molecule has 0 saturated heterocycles. The highest BCUT2D eigenvalue weighted by atomic mass is 19.1. The molecule has 0 saturated carbocycles. The molecule has 4 N–H and O–H groups in total. The van der Waals surface area contributed by atoms with Crippen molar-refractivity contribution in [3.8, 4) is 0 Å². The average Bonchev–Trinajstić information content (AvgIpc) is 2.08. The molecule has 70 valence electrons. The Balaban J connectivity index is 2.43. The Hall–Kier alpha value is -1.09. The molecule has 0 fully saturated rings. The van der Waals surface area contributed by atoms with Gasteiger partial charge in [-0.1, -0.05) is 0 Å². The van der Waals surface area contributed by atoms with Gasteiger partial charge in [-0.05, 0) is 42.5 Å². The maximum atomic E-state index is 13.0. The second kappa shape index (κ2) is 3.00. The van der Waals surface area contributed by atoms with Crippen molar-refractivity contribution < 1.29 is 4.39 Å². The predicted molar refractivity (Wildman–Crippen MR) is 50.8 cm³/mol. The molecule has 1 aliphatic carbocycles. The highest BCUT2D eigenvalue weighted by molar-refractivity contribution is 5.47. The van der Waals surface area contributed by atoms with Crippen LogP contribution in [0.5, 0.6) is 0 Å². The maximum Gasteiger partial charge on any atom is 0.146 e. The zero-order valence-corrected chi connectivity index (χ0v) is 7.39. The molecule has 0 radical (unpaired) electrons. The van der Waals surface area contributed by atoms with E-state index in [0.717, 1.165) is 30.4 Å². The molecule has 0 bridgehead atoms. The zero-order valence-electron chi connectivity index (χ0n) is 7.39. The first-order chi connectivity index (χ1) is 6.16. The van der Waals surface area contributed by atoms with Crippen molar-refractivity contribution in [3.05, 3.63) is 29.1 Å². The van der Waals surface area contributed by atoms with Gasteiger partial charge in [0.1, 0.15) is 5.82 Å². The molecule has 1 unspecified atom stereocenters. The number of benzene rings is 1. The summed E-state index contributed by atoms with van der Waals surface area (Å²) >= 11 is 0.